The lowest BCUT2D eigenvalue weighted by molar-refractivity contribution is -0.605. The summed E-state index contributed by atoms with van der Waals surface area (Å²) in [4.78, 5) is 25.0. The molecule has 0 amide bonds. The molecule has 2 atom stereocenters. The third-order valence-electron chi connectivity index (χ3n) is 6.51. The minimum Gasteiger partial charge on any atom is -0.619 e. The number of sulfonamides is 1. The second-order valence-corrected chi connectivity index (χ2v) is 11.9. The van der Waals surface area contributed by atoms with E-state index in [2.05, 4.69) is 4.72 Å². The molecule has 44 heavy (non-hydrogen) atoms. The Bertz CT molecular complexity index is 1760. The average molecular weight is 662 g/mol. The van der Waals surface area contributed by atoms with E-state index < -0.39 is 34.1 Å². The molecule has 3 aromatic carbocycles. The maximum Gasteiger partial charge on any atom is 0.338 e. The SMILES string of the molecule is COc1ccc([C@H](Cc2c(Cl)c[n+]([O-])cc2Cl)OC(=O)c2cccc(S(=O)(=O)NC(C(=O)O)c3ccccc3)c2)cc1OC. The molecule has 4 rings (SSSR count). The van der Waals surface area contributed by atoms with E-state index in [0.29, 0.717) is 27.4 Å². The number of halogens is 2. The molecule has 1 heterocycles. The van der Waals surface area contributed by atoms with Crippen LogP contribution in [0.5, 0.6) is 11.5 Å². The van der Waals surface area contributed by atoms with Crippen LogP contribution in [0.25, 0.3) is 0 Å². The molecular formula is C30H26Cl2N2O9S. The zero-order valence-electron chi connectivity index (χ0n) is 23.3. The second kappa shape index (κ2) is 14.0. The lowest BCUT2D eigenvalue weighted by Gasteiger charge is -2.21. The van der Waals surface area contributed by atoms with Crippen molar-refractivity contribution in [2.24, 2.45) is 0 Å². The molecule has 0 aliphatic heterocycles. The Morgan fingerprint density at radius 1 is 0.909 bits per heavy atom. The van der Waals surface area contributed by atoms with Crippen LogP contribution < -0.4 is 18.9 Å². The molecule has 0 aliphatic rings. The lowest BCUT2D eigenvalue weighted by atomic mass is 10.0. The van der Waals surface area contributed by atoms with Gasteiger partial charge in [0.05, 0.1) is 24.7 Å². The van der Waals surface area contributed by atoms with E-state index in [-0.39, 0.29) is 32.5 Å². The van der Waals surface area contributed by atoms with Crippen molar-refractivity contribution in [1.82, 2.24) is 4.72 Å². The highest BCUT2D eigenvalue weighted by Crippen LogP contribution is 2.35. The van der Waals surface area contributed by atoms with Crippen LogP contribution in [0.3, 0.4) is 0 Å². The van der Waals surface area contributed by atoms with Crippen LogP contribution in [-0.2, 0) is 26.0 Å². The highest BCUT2D eigenvalue weighted by Gasteiger charge is 2.29. The van der Waals surface area contributed by atoms with Gasteiger partial charge in [0.15, 0.2) is 23.9 Å². The number of carboxylic acid groups (broad SMARTS) is 1. The molecule has 14 heteroatoms. The van der Waals surface area contributed by atoms with Crippen molar-refractivity contribution >= 4 is 45.2 Å². The first-order valence-corrected chi connectivity index (χ1v) is 15.1. The minimum absolute atomic E-state index is 0.0413. The van der Waals surface area contributed by atoms with Crippen molar-refractivity contribution in [3.05, 3.63) is 123 Å². The summed E-state index contributed by atoms with van der Waals surface area (Å²) in [5.74, 6) is -1.54. The number of hydrogen-bond donors (Lipinski definition) is 2. The van der Waals surface area contributed by atoms with Gasteiger partial charge in [-0.15, -0.1) is 0 Å². The number of nitrogens with one attached hydrogen (secondary N) is 1. The first-order valence-electron chi connectivity index (χ1n) is 12.8. The maximum atomic E-state index is 13.4. The molecule has 1 unspecified atom stereocenters. The molecule has 230 valence electrons. The number of carbonyl (C=O) groups excluding carboxylic acids is 1. The number of pyridine rings is 1. The zero-order chi connectivity index (χ0) is 32.0. The molecule has 0 bridgehead atoms. The zero-order valence-corrected chi connectivity index (χ0v) is 25.6. The van der Waals surface area contributed by atoms with Gasteiger partial charge in [-0.3, -0.25) is 4.79 Å². The Kier molecular flexibility index (Phi) is 10.3. The second-order valence-electron chi connectivity index (χ2n) is 9.34. The van der Waals surface area contributed by atoms with Crippen LogP contribution in [0, 0.1) is 5.21 Å². The van der Waals surface area contributed by atoms with Gasteiger partial charge >= 0.3 is 11.9 Å². The topological polar surface area (TPSA) is 155 Å². The predicted molar refractivity (Wildman–Crippen MR) is 160 cm³/mol. The van der Waals surface area contributed by atoms with Gasteiger partial charge in [0, 0.05) is 12.0 Å². The van der Waals surface area contributed by atoms with Crippen LogP contribution in [0.15, 0.2) is 90.1 Å². The molecule has 1 aromatic heterocycles. The summed E-state index contributed by atoms with van der Waals surface area (Å²) >= 11 is 12.6. The summed E-state index contributed by atoms with van der Waals surface area (Å²) in [6.07, 6.45) is 1.12. The van der Waals surface area contributed by atoms with Crippen molar-refractivity contribution in [2.45, 2.75) is 23.5 Å². The minimum atomic E-state index is -4.41. The number of nitrogens with zero attached hydrogens (tertiary/aromatic N) is 1. The number of ether oxygens (including phenoxy) is 3. The van der Waals surface area contributed by atoms with Crippen LogP contribution in [0.2, 0.25) is 10.0 Å². The molecule has 0 aliphatic carbocycles. The van der Waals surface area contributed by atoms with E-state index in [1.807, 2.05) is 0 Å². The monoisotopic (exact) mass is 660 g/mol. The Morgan fingerprint density at radius 2 is 1.57 bits per heavy atom. The molecule has 2 N–H and O–H groups in total. The highest BCUT2D eigenvalue weighted by molar-refractivity contribution is 7.89. The van der Waals surface area contributed by atoms with Crippen molar-refractivity contribution in [3.63, 3.8) is 0 Å². The van der Waals surface area contributed by atoms with Crippen LogP contribution in [0.1, 0.15) is 39.2 Å². The van der Waals surface area contributed by atoms with Crippen molar-refractivity contribution < 1.29 is 42.1 Å². The smallest absolute Gasteiger partial charge is 0.338 e. The normalized spacial score (nSPS) is 12.6. The van der Waals surface area contributed by atoms with E-state index in [9.17, 15) is 28.3 Å². The summed E-state index contributed by atoms with van der Waals surface area (Å²) in [5.41, 5.74) is 0.874. The first-order chi connectivity index (χ1) is 20.9. The summed E-state index contributed by atoms with van der Waals surface area (Å²) < 4.78 is 45.6. The van der Waals surface area contributed by atoms with E-state index in [1.54, 1.807) is 36.4 Å². The van der Waals surface area contributed by atoms with E-state index >= 15 is 0 Å². The van der Waals surface area contributed by atoms with E-state index in [0.717, 1.165) is 18.5 Å². The molecule has 0 radical (unpaired) electrons. The Morgan fingerprint density at radius 3 is 2.18 bits per heavy atom. The van der Waals surface area contributed by atoms with Gasteiger partial charge in [-0.2, -0.15) is 9.45 Å². The standard InChI is InChI=1S/C30H26Cl2N2O9S/c1-41-25-12-11-19(14-27(25)42-2)26(15-22-23(31)16-34(38)17-24(22)32)43-30(37)20-9-6-10-21(13-20)44(39,40)33-28(29(35)36)18-7-4-3-5-8-18/h3-14,16-17,26,28,33H,15H2,1-2H3,(H,35,36)/t26-,28?/m0/s1. The van der Waals surface area contributed by atoms with Gasteiger partial charge in [-0.05, 0) is 41.5 Å². The number of rotatable bonds is 12. The van der Waals surface area contributed by atoms with Gasteiger partial charge in [0.2, 0.25) is 10.0 Å². The summed E-state index contributed by atoms with van der Waals surface area (Å²) in [6.45, 7) is 0. The van der Waals surface area contributed by atoms with Crippen molar-refractivity contribution in [1.29, 1.82) is 0 Å². The number of hydrogen-bond acceptors (Lipinski definition) is 8. The number of esters is 1. The number of aromatic nitrogens is 1. The fraction of sp³-hybridized carbons (Fsp3) is 0.167. The average Bonchev–Trinajstić information content (AvgIpc) is 3.00. The Hall–Kier alpha value is -4.36. The lowest BCUT2D eigenvalue weighted by Crippen LogP contribution is -2.33. The molecule has 0 saturated heterocycles. The van der Waals surface area contributed by atoms with Crippen LogP contribution >= 0.6 is 23.2 Å². The molecule has 11 nitrogen and oxygen atoms in total. The molecule has 4 aromatic rings. The van der Waals surface area contributed by atoms with E-state index in [4.69, 9.17) is 37.4 Å². The third kappa shape index (κ3) is 7.58. The van der Waals surface area contributed by atoms with Crippen LogP contribution in [-0.4, -0.2) is 39.7 Å². The fourth-order valence-electron chi connectivity index (χ4n) is 4.31. The molecule has 0 spiro atoms. The molecule has 0 saturated carbocycles. The van der Waals surface area contributed by atoms with Gasteiger partial charge in [0.1, 0.15) is 22.2 Å². The summed E-state index contributed by atoms with van der Waals surface area (Å²) in [7, 11) is -1.50. The van der Waals surface area contributed by atoms with Gasteiger partial charge in [-0.25, -0.2) is 13.2 Å². The maximum absolute atomic E-state index is 13.4. The number of methoxy groups -OCH3 is 2. The Balaban J connectivity index is 1.66. The Labute approximate surface area is 263 Å². The molecule has 0 fully saturated rings. The highest BCUT2D eigenvalue weighted by atomic mass is 35.5. The third-order valence-corrected chi connectivity index (χ3v) is 8.58. The summed E-state index contributed by atoms with van der Waals surface area (Å²) in [6, 6.07) is 16.0. The number of carboxylic acids is 1. The van der Waals surface area contributed by atoms with Crippen LogP contribution in [0.4, 0.5) is 0 Å². The van der Waals surface area contributed by atoms with Crippen molar-refractivity contribution in [2.75, 3.05) is 14.2 Å². The van der Waals surface area contributed by atoms with E-state index in [1.165, 1.54) is 44.6 Å². The number of aliphatic carboxylic acids is 1. The first kappa shape index (κ1) is 32.6. The van der Waals surface area contributed by atoms with Gasteiger partial charge in [0.25, 0.3) is 0 Å². The number of carbonyl (C=O) groups is 2. The molecular weight excluding hydrogens is 635 g/mol. The van der Waals surface area contributed by atoms with Crippen molar-refractivity contribution in [3.8, 4) is 11.5 Å². The number of benzene rings is 3. The predicted octanol–water partition coefficient (Wildman–Crippen LogP) is 4.89. The van der Waals surface area contributed by atoms with Gasteiger partial charge < -0.3 is 24.5 Å². The summed E-state index contributed by atoms with van der Waals surface area (Å²) in [5, 5.41) is 21.5. The largest absolute Gasteiger partial charge is 0.619 e. The fourth-order valence-corrected chi connectivity index (χ4v) is 6.13. The quantitative estimate of drug-likeness (QED) is 0.123. The van der Waals surface area contributed by atoms with Gasteiger partial charge in [-0.1, -0.05) is 65.7 Å².